The van der Waals surface area contributed by atoms with Gasteiger partial charge in [0.05, 0.1) is 11.5 Å². The summed E-state index contributed by atoms with van der Waals surface area (Å²) in [6.45, 7) is 3.83. The molecule has 7 heteroatoms. The molecule has 164 valence electrons. The predicted molar refractivity (Wildman–Crippen MR) is 122 cm³/mol. The number of hydrogen-bond acceptors (Lipinski definition) is 4. The van der Waals surface area contributed by atoms with Gasteiger partial charge in [0.15, 0.2) is 0 Å². The number of aromatic nitrogens is 2. The van der Waals surface area contributed by atoms with Crippen molar-refractivity contribution in [2.75, 3.05) is 26.2 Å². The van der Waals surface area contributed by atoms with Crippen LogP contribution >= 0.6 is 0 Å². The highest BCUT2D eigenvalue weighted by atomic mass is 16.2. The molecule has 0 bridgehead atoms. The summed E-state index contributed by atoms with van der Waals surface area (Å²) in [7, 11) is 0. The van der Waals surface area contributed by atoms with Gasteiger partial charge in [0.25, 0.3) is 5.91 Å². The van der Waals surface area contributed by atoms with Crippen LogP contribution in [0.5, 0.6) is 0 Å². The summed E-state index contributed by atoms with van der Waals surface area (Å²) in [5, 5.41) is 0. The Kier molecular flexibility index (Phi) is 6.44. The summed E-state index contributed by atoms with van der Waals surface area (Å²) in [4.78, 5) is 48.1. The molecule has 0 spiro atoms. The summed E-state index contributed by atoms with van der Waals surface area (Å²) < 4.78 is 0. The number of rotatable bonds is 5. The van der Waals surface area contributed by atoms with Crippen LogP contribution in [-0.4, -0.2) is 57.8 Å². The van der Waals surface area contributed by atoms with Crippen molar-refractivity contribution in [2.45, 2.75) is 13.3 Å². The Morgan fingerprint density at radius 2 is 1.94 bits per heavy atom. The van der Waals surface area contributed by atoms with Crippen LogP contribution in [0.1, 0.15) is 22.8 Å². The predicted octanol–water partition coefficient (Wildman–Crippen LogP) is 2.60. The number of nitrogens with one attached hydrogen (secondary N) is 1. The van der Waals surface area contributed by atoms with Crippen molar-refractivity contribution in [1.29, 1.82) is 0 Å². The maximum absolute atomic E-state index is 13.3. The third kappa shape index (κ3) is 4.61. The van der Waals surface area contributed by atoms with Gasteiger partial charge in [-0.25, -0.2) is 0 Å². The number of likely N-dealkylation sites (N-methyl/N-ethyl adjacent to an activating group) is 1. The fourth-order valence-corrected chi connectivity index (χ4v) is 4.19. The Bertz CT molecular complexity index is 1140. The molecule has 0 saturated carbocycles. The molecule has 1 aliphatic rings. The first-order chi connectivity index (χ1) is 15.6. The van der Waals surface area contributed by atoms with E-state index in [1.54, 1.807) is 11.1 Å². The van der Waals surface area contributed by atoms with E-state index < -0.39 is 0 Å². The molecule has 2 aromatic heterocycles. The van der Waals surface area contributed by atoms with Crippen molar-refractivity contribution in [3.8, 4) is 11.1 Å². The second-order valence-electron chi connectivity index (χ2n) is 7.91. The lowest BCUT2D eigenvalue weighted by molar-refractivity contribution is -0.134. The number of aromatic amines is 1. The minimum absolute atomic E-state index is 0.0604. The van der Waals surface area contributed by atoms with Gasteiger partial charge in [0.1, 0.15) is 0 Å². The van der Waals surface area contributed by atoms with Gasteiger partial charge in [-0.15, -0.1) is 0 Å². The van der Waals surface area contributed by atoms with Crippen molar-refractivity contribution < 1.29 is 9.59 Å². The second kappa shape index (κ2) is 9.60. The summed E-state index contributed by atoms with van der Waals surface area (Å²) >= 11 is 0. The van der Waals surface area contributed by atoms with Crippen molar-refractivity contribution in [2.24, 2.45) is 5.92 Å². The number of pyridine rings is 2. The molecule has 1 fully saturated rings. The maximum Gasteiger partial charge on any atom is 0.255 e. The fraction of sp³-hybridized carbons (Fsp3) is 0.280. The summed E-state index contributed by atoms with van der Waals surface area (Å²) in [5.74, 6) is -0.482. The van der Waals surface area contributed by atoms with Crippen LogP contribution < -0.4 is 5.56 Å². The number of H-pyrrole nitrogens is 1. The number of nitrogens with zero attached hydrogens (tertiary/aromatic N) is 3. The van der Waals surface area contributed by atoms with Crippen LogP contribution in [0.2, 0.25) is 0 Å². The summed E-state index contributed by atoms with van der Waals surface area (Å²) in [5.41, 5.74) is 3.25. The minimum atomic E-state index is -0.359. The number of benzene rings is 1. The number of carbonyl (C=O) groups is 2. The normalized spacial score (nSPS) is 16.7. The van der Waals surface area contributed by atoms with E-state index in [-0.39, 0.29) is 23.3 Å². The molecule has 1 atom stereocenters. The summed E-state index contributed by atoms with van der Waals surface area (Å²) in [6.07, 6.45) is 5.51. The lowest BCUT2D eigenvalue weighted by Gasteiger charge is -2.24. The van der Waals surface area contributed by atoms with E-state index in [0.717, 1.165) is 16.7 Å². The van der Waals surface area contributed by atoms with Gasteiger partial charge in [0.2, 0.25) is 11.5 Å². The Balaban J connectivity index is 1.63. The molecule has 4 rings (SSSR count). The molecular weight excluding hydrogens is 404 g/mol. The quantitative estimate of drug-likeness (QED) is 0.674. The molecule has 1 unspecified atom stereocenters. The van der Waals surface area contributed by atoms with Gasteiger partial charge in [-0.1, -0.05) is 30.3 Å². The lowest BCUT2D eigenvalue weighted by Crippen LogP contribution is -2.38. The smallest absolute Gasteiger partial charge is 0.255 e. The van der Waals surface area contributed by atoms with Crippen LogP contribution in [0, 0.1) is 5.92 Å². The molecule has 1 aromatic carbocycles. The third-order valence-corrected chi connectivity index (χ3v) is 5.90. The monoisotopic (exact) mass is 430 g/mol. The SMILES string of the molecule is CCN1CCN(C(=O)c2ccc(=O)[nH]c2)CC(Cc2ccccc2-c2cccnc2)C1=O. The second-order valence-corrected chi connectivity index (χ2v) is 7.91. The van der Waals surface area contributed by atoms with E-state index in [0.29, 0.717) is 38.2 Å². The molecular formula is C25H26N4O3. The average Bonchev–Trinajstić information content (AvgIpc) is 2.98. The molecule has 1 aliphatic heterocycles. The minimum Gasteiger partial charge on any atom is -0.341 e. The highest BCUT2D eigenvalue weighted by molar-refractivity contribution is 5.94. The van der Waals surface area contributed by atoms with Gasteiger partial charge in [-0.3, -0.25) is 19.4 Å². The fourth-order valence-electron chi connectivity index (χ4n) is 4.19. The first-order valence-electron chi connectivity index (χ1n) is 10.8. The molecule has 2 amide bonds. The Morgan fingerprint density at radius 3 is 2.66 bits per heavy atom. The number of carbonyl (C=O) groups excluding carboxylic acids is 2. The van der Waals surface area contributed by atoms with Gasteiger partial charge in [-0.05, 0) is 36.6 Å². The zero-order valence-corrected chi connectivity index (χ0v) is 18.0. The highest BCUT2D eigenvalue weighted by Gasteiger charge is 2.32. The maximum atomic E-state index is 13.3. The standard InChI is InChI=1S/C25H26N4O3/c1-2-28-12-13-29(24(31)20-9-10-23(30)27-16-20)17-21(25(28)32)14-18-6-3-4-8-22(18)19-7-5-11-26-15-19/h3-11,15-16,21H,2,12-14,17H2,1H3,(H,27,30). The van der Waals surface area contributed by atoms with Gasteiger partial charge in [0, 0.05) is 56.4 Å². The van der Waals surface area contributed by atoms with Gasteiger partial charge < -0.3 is 14.8 Å². The zero-order chi connectivity index (χ0) is 22.5. The van der Waals surface area contributed by atoms with Crippen molar-refractivity contribution in [1.82, 2.24) is 19.8 Å². The van der Waals surface area contributed by atoms with Crippen molar-refractivity contribution >= 4 is 11.8 Å². The summed E-state index contributed by atoms with van der Waals surface area (Å²) in [6, 6.07) is 14.8. The molecule has 3 heterocycles. The van der Waals surface area contributed by atoms with Crippen LogP contribution in [0.25, 0.3) is 11.1 Å². The van der Waals surface area contributed by atoms with Crippen molar-refractivity contribution in [3.05, 3.63) is 88.6 Å². The Morgan fingerprint density at radius 1 is 1.09 bits per heavy atom. The molecule has 3 aromatic rings. The van der Waals surface area contributed by atoms with E-state index in [4.69, 9.17) is 0 Å². The van der Waals surface area contributed by atoms with Gasteiger partial charge >= 0.3 is 0 Å². The zero-order valence-electron chi connectivity index (χ0n) is 18.0. The molecule has 0 aliphatic carbocycles. The largest absolute Gasteiger partial charge is 0.341 e. The van der Waals surface area contributed by atoms with E-state index in [2.05, 4.69) is 9.97 Å². The van der Waals surface area contributed by atoms with E-state index in [1.165, 1.54) is 18.3 Å². The average molecular weight is 431 g/mol. The van der Waals surface area contributed by atoms with Crippen LogP contribution in [-0.2, 0) is 11.2 Å². The number of hydrogen-bond donors (Lipinski definition) is 1. The topological polar surface area (TPSA) is 86.4 Å². The van der Waals surface area contributed by atoms with Crippen molar-refractivity contribution in [3.63, 3.8) is 0 Å². The number of amides is 2. The van der Waals surface area contributed by atoms with Crippen LogP contribution in [0.15, 0.2) is 71.9 Å². The molecule has 1 saturated heterocycles. The lowest BCUT2D eigenvalue weighted by atomic mass is 9.91. The molecule has 32 heavy (non-hydrogen) atoms. The molecule has 0 radical (unpaired) electrons. The van der Waals surface area contributed by atoms with Crippen LogP contribution in [0.4, 0.5) is 0 Å². The van der Waals surface area contributed by atoms with E-state index in [1.807, 2.05) is 54.4 Å². The Hall–Kier alpha value is -3.74. The third-order valence-electron chi connectivity index (χ3n) is 5.90. The highest BCUT2D eigenvalue weighted by Crippen LogP contribution is 2.27. The first-order valence-corrected chi connectivity index (χ1v) is 10.8. The Labute approximate surface area is 186 Å². The van der Waals surface area contributed by atoms with E-state index >= 15 is 0 Å². The van der Waals surface area contributed by atoms with E-state index in [9.17, 15) is 14.4 Å². The molecule has 7 nitrogen and oxygen atoms in total. The van der Waals surface area contributed by atoms with Crippen LogP contribution in [0.3, 0.4) is 0 Å². The van der Waals surface area contributed by atoms with Gasteiger partial charge in [-0.2, -0.15) is 0 Å². The first kappa shape index (κ1) is 21.5. The molecule has 1 N–H and O–H groups in total.